The van der Waals surface area contributed by atoms with Crippen LogP contribution in [0, 0.1) is 17.8 Å². The van der Waals surface area contributed by atoms with Crippen LogP contribution in [0.1, 0.15) is 102 Å². The predicted molar refractivity (Wildman–Crippen MR) is 147 cm³/mol. The second-order valence-corrected chi connectivity index (χ2v) is 10.6. The van der Waals surface area contributed by atoms with E-state index in [0.29, 0.717) is 23.8 Å². The minimum atomic E-state index is -0.371. The summed E-state index contributed by atoms with van der Waals surface area (Å²) in [4.78, 5) is 12.5. The molecule has 4 heteroatoms. The average Bonchev–Trinajstić information content (AvgIpc) is 2.91. The van der Waals surface area contributed by atoms with Crippen LogP contribution in [0.15, 0.2) is 48.5 Å². The largest absolute Gasteiger partial charge is 0.494 e. The van der Waals surface area contributed by atoms with E-state index in [0.717, 1.165) is 36.4 Å². The molecule has 0 saturated heterocycles. The standard InChI is InChI=1S/C32H46O4/c1-4-9-26-11-13-27(14-12-26)24-35-30-19-21-31(22-20-30)36-32(33)28-15-17-29(18-16-28)34-23-8-6-7-10-25(3)5-2/h15-22,25-27H,4-14,23-24H2,1-3H3/t25-,26-,27-/m0/s1. The van der Waals surface area contributed by atoms with Crippen molar-refractivity contribution in [2.24, 2.45) is 17.8 Å². The Morgan fingerprint density at radius 1 is 0.806 bits per heavy atom. The van der Waals surface area contributed by atoms with E-state index in [1.54, 1.807) is 24.3 Å². The van der Waals surface area contributed by atoms with E-state index >= 15 is 0 Å². The van der Waals surface area contributed by atoms with E-state index < -0.39 is 0 Å². The minimum absolute atomic E-state index is 0.371. The van der Waals surface area contributed by atoms with Gasteiger partial charge in [0, 0.05) is 0 Å². The Bertz CT molecular complexity index is 866. The molecule has 4 nitrogen and oxygen atoms in total. The molecule has 0 aliphatic heterocycles. The SMILES string of the molecule is CCC[C@H]1CC[C@H](COc2ccc(OC(=O)c3ccc(OCCCCC[C@@H](C)CC)cc3)cc2)CC1. The lowest BCUT2D eigenvalue weighted by Gasteiger charge is -2.28. The molecule has 3 rings (SSSR count). The number of esters is 1. The minimum Gasteiger partial charge on any atom is -0.494 e. The Balaban J connectivity index is 1.34. The number of ether oxygens (including phenoxy) is 3. The number of hydrogen-bond donors (Lipinski definition) is 0. The van der Waals surface area contributed by atoms with Crippen molar-refractivity contribution in [3.63, 3.8) is 0 Å². The second kappa shape index (κ2) is 15.6. The van der Waals surface area contributed by atoms with Crippen molar-refractivity contribution >= 4 is 5.97 Å². The molecule has 0 unspecified atom stereocenters. The van der Waals surface area contributed by atoms with Gasteiger partial charge in [-0.3, -0.25) is 0 Å². The van der Waals surface area contributed by atoms with Crippen molar-refractivity contribution in [2.75, 3.05) is 13.2 Å². The maximum Gasteiger partial charge on any atom is 0.343 e. The van der Waals surface area contributed by atoms with Crippen molar-refractivity contribution in [2.45, 2.75) is 91.4 Å². The fourth-order valence-electron chi connectivity index (χ4n) is 4.93. The summed E-state index contributed by atoms with van der Waals surface area (Å²) in [6, 6.07) is 14.5. The van der Waals surface area contributed by atoms with E-state index in [-0.39, 0.29) is 5.97 Å². The number of carbonyl (C=O) groups excluding carboxylic acids is 1. The van der Waals surface area contributed by atoms with Crippen LogP contribution >= 0.6 is 0 Å². The molecule has 0 spiro atoms. The molecular formula is C32H46O4. The van der Waals surface area contributed by atoms with Crippen LogP contribution in [0.5, 0.6) is 17.2 Å². The topological polar surface area (TPSA) is 44.8 Å². The highest BCUT2D eigenvalue weighted by molar-refractivity contribution is 5.91. The molecule has 1 saturated carbocycles. The zero-order valence-corrected chi connectivity index (χ0v) is 22.7. The summed E-state index contributed by atoms with van der Waals surface area (Å²) < 4.78 is 17.4. The first-order chi connectivity index (χ1) is 17.6. The molecule has 0 radical (unpaired) electrons. The number of unbranched alkanes of at least 4 members (excludes halogenated alkanes) is 2. The van der Waals surface area contributed by atoms with E-state index in [1.165, 1.54) is 64.2 Å². The van der Waals surface area contributed by atoms with E-state index in [4.69, 9.17) is 14.2 Å². The van der Waals surface area contributed by atoms with Crippen LogP contribution < -0.4 is 14.2 Å². The van der Waals surface area contributed by atoms with Gasteiger partial charge < -0.3 is 14.2 Å². The van der Waals surface area contributed by atoms with E-state index in [9.17, 15) is 4.79 Å². The summed E-state index contributed by atoms with van der Waals surface area (Å²) in [5, 5.41) is 0. The molecule has 1 aliphatic carbocycles. The lowest BCUT2D eigenvalue weighted by atomic mass is 9.80. The van der Waals surface area contributed by atoms with Crippen LogP contribution in [-0.2, 0) is 0 Å². The van der Waals surface area contributed by atoms with E-state index in [2.05, 4.69) is 20.8 Å². The van der Waals surface area contributed by atoms with Gasteiger partial charge in [0.2, 0.25) is 0 Å². The number of carbonyl (C=O) groups is 1. The molecule has 0 amide bonds. The van der Waals surface area contributed by atoms with Crippen molar-refractivity contribution in [3.8, 4) is 17.2 Å². The number of benzene rings is 2. The Labute approximate surface area is 218 Å². The lowest BCUT2D eigenvalue weighted by Crippen LogP contribution is -2.20. The monoisotopic (exact) mass is 494 g/mol. The van der Waals surface area contributed by atoms with Crippen LogP contribution in [-0.4, -0.2) is 19.2 Å². The molecule has 36 heavy (non-hydrogen) atoms. The molecule has 1 aliphatic rings. The quantitative estimate of drug-likeness (QED) is 0.141. The zero-order valence-electron chi connectivity index (χ0n) is 22.7. The number of hydrogen-bond acceptors (Lipinski definition) is 4. The smallest absolute Gasteiger partial charge is 0.343 e. The second-order valence-electron chi connectivity index (χ2n) is 10.6. The van der Waals surface area contributed by atoms with E-state index in [1.807, 2.05) is 24.3 Å². The van der Waals surface area contributed by atoms with Crippen molar-refractivity contribution < 1.29 is 19.0 Å². The Morgan fingerprint density at radius 2 is 1.42 bits per heavy atom. The summed E-state index contributed by atoms with van der Waals surface area (Å²) in [5.74, 6) is 4.14. The molecule has 2 aromatic carbocycles. The summed E-state index contributed by atoms with van der Waals surface area (Å²) in [7, 11) is 0. The molecule has 1 fully saturated rings. The van der Waals surface area contributed by atoms with Gasteiger partial charge in [-0.2, -0.15) is 0 Å². The zero-order chi connectivity index (χ0) is 25.6. The average molecular weight is 495 g/mol. The van der Waals surface area contributed by atoms with Crippen LogP contribution in [0.3, 0.4) is 0 Å². The third kappa shape index (κ3) is 9.87. The maximum absolute atomic E-state index is 12.5. The van der Waals surface area contributed by atoms with Crippen LogP contribution in [0.25, 0.3) is 0 Å². The first-order valence-corrected chi connectivity index (χ1v) is 14.2. The summed E-state index contributed by atoms with van der Waals surface area (Å²) in [5.41, 5.74) is 0.509. The van der Waals surface area contributed by atoms with Crippen molar-refractivity contribution in [3.05, 3.63) is 54.1 Å². The lowest BCUT2D eigenvalue weighted by molar-refractivity contribution is 0.0734. The van der Waals surface area contributed by atoms with Crippen LogP contribution in [0.2, 0.25) is 0 Å². The summed E-state index contributed by atoms with van der Waals surface area (Å²) in [6.45, 7) is 8.31. The fourth-order valence-corrected chi connectivity index (χ4v) is 4.93. The summed E-state index contributed by atoms with van der Waals surface area (Å²) in [6.07, 6.45) is 13.9. The Hall–Kier alpha value is -2.49. The highest BCUT2D eigenvalue weighted by atomic mass is 16.5. The molecule has 2 aromatic rings. The molecule has 1 atom stereocenters. The molecule has 0 N–H and O–H groups in total. The first kappa shape index (κ1) is 28.1. The van der Waals surface area contributed by atoms with Gasteiger partial charge in [0.05, 0.1) is 18.8 Å². The third-order valence-corrected chi connectivity index (χ3v) is 7.58. The molecule has 0 heterocycles. The van der Waals surface area contributed by atoms with Crippen molar-refractivity contribution in [1.29, 1.82) is 0 Å². The van der Waals surface area contributed by atoms with Gasteiger partial charge in [-0.05, 0) is 85.5 Å². The molecular weight excluding hydrogens is 448 g/mol. The molecule has 0 bridgehead atoms. The number of rotatable bonds is 15. The van der Waals surface area contributed by atoms with Gasteiger partial charge >= 0.3 is 5.97 Å². The highest BCUT2D eigenvalue weighted by Gasteiger charge is 2.21. The maximum atomic E-state index is 12.5. The highest BCUT2D eigenvalue weighted by Crippen LogP contribution is 2.32. The van der Waals surface area contributed by atoms with Gasteiger partial charge in [0.25, 0.3) is 0 Å². The van der Waals surface area contributed by atoms with Gasteiger partial charge in [-0.25, -0.2) is 4.79 Å². The van der Waals surface area contributed by atoms with Gasteiger partial charge in [-0.15, -0.1) is 0 Å². The fraction of sp³-hybridized carbons (Fsp3) is 0.594. The first-order valence-electron chi connectivity index (χ1n) is 14.2. The Kier molecular flexibility index (Phi) is 12.2. The molecule has 198 valence electrons. The predicted octanol–water partition coefficient (Wildman–Crippen LogP) is 8.88. The molecule has 0 aromatic heterocycles. The summed E-state index contributed by atoms with van der Waals surface area (Å²) >= 11 is 0. The van der Waals surface area contributed by atoms with Gasteiger partial charge in [-0.1, -0.05) is 72.1 Å². The normalized spacial score (nSPS) is 18.4. The third-order valence-electron chi connectivity index (χ3n) is 7.58. The van der Waals surface area contributed by atoms with Gasteiger partial charge in [0.15, 0.2) is 0 Å². The van der Waals surface area contributed by atoms with Crippen molar-refractivity contribution in [1.82, 2.24) is 0 Å². The Morgan fingerprint density at radius 3 is 2.08 bits per heavy atom. The van der Waals surface area contributed by atoms with Crippen LogP contribution in [0.4, 0.5) is 0 Å². The van der Waals surface area contributed by atoms with Gasteiger partial charge in [0.1, 0.15) is 17.2 Å².